The smallest absolute Gasteiger partial charge is 0.142 e. The third kappa shape index (κ3) is 5.10. The van der Waals surface area contributed by atoms with Gasteiger partial charge in [0, 0.05) is 23.2 Å². The third-order valence-corrected chi connectivity index (χ3v) is 3.72. The van der Waals surface area contributed by atoms with Crippen molar-refractivity contribution in [1.82, 2.24) is 15.3 Å². The number of hydrogen-bond acceptors (Lipinski definition) is 5. The van der Waals surface area contributed by atoms with E-state index in [-0.39, 0.29) is 5.54 Å². The van der Waals surface area contributed by atoms with E-state index < -0.39 is 0 Å². The lowest BCUT2D eigenvalue weighted by molar-refractivity contribution is 0.294. The first-order valence-corrected chi connectivity index (χ1v) is 7.97. The van der Waals surface area contributed by atoms with Gasteiger partial charge in [-0.15, -0.1) is 11.3 Å². The Hall–Kier alpha value is -1.46. The quantitative estimate of drug-likeness (QED) is 0.916. The lowest BCUT2D eigenvalue weighted by atomic mass is 10.1. The molecular weight excluding hydrogens is 282 g/mol. The summed E-state index contributed by atoms with van der Waals surface area (Å²) >= 11 is 1.64. The standard InChI is InChI=1S/C16H23N3OS/c1-11-6-7-15(14(18-11)8-17-16(3,4)5)20-9-13-10-21-12(2)19-13/h6-7,10,17H,8-9H2,1-5H3. The molecule has 0 bridgehead atoms. The summed E-state index contributed by atoms with van der Waals surface area (Å²) in [5.41, 5.74) is 2.96. The molecule has 0 aliphatic heterocycles. The molecule has 0 aliphatic carbocycles. The van der Waals surface area contributed by atoms with Crippen molar-refractivity contribution in [3.8, 4) is 5.75 Å². The minimum Gasteiger partial charge on any atom is -0.485 e. The van der Waals surface area contributed by atoms with Gasteiger partial charge in [-0.1, -0.05) is 0 Å². The molecule has 0 saturated heterocycles. The van der Waals surface area contributed by atoms with Gasteiger partial charge in [-0.2, -0.15) is 0 Å². The highest BCUT2D eigenvalue weighted by Crippen LogP contribution is 2.20. The van der Waals surface area contributed by atoms with Gasteiger partial charge in [0.15, 0.2) is 0 Å². The molecular formula is C16H23N3OS. The van der Waals surface area contributed by atoms with Crippen molar-refractivity contribution in [1.29, 1.82) is 0 Å². The second kappa shape index (κ2) is 6.54. The predicted octanol–water partition coefficient (Wildman–Crippen LogP) is 3.62. The van der Waals surface area contributed by atoms with Crippen LogP contribution in [0.25, 0.3) is 0 Å². The lowest BCUT2D eigenvalue weighted by Gasteiger charge is -2.21. The lowest BCUT2D eigenvalue weighted by Crippen LogP contribution is -2.35. The number of ether oxygens (including phenoxy) is 1. The fourth-order valence-electron chi connectivity index (χ4n) is 1.83. The highest BCUT2D eigenvalue weighted by atomic mass is 32.1. The Balaban J connectivity index is 2.07. The van der Waals surface area contributed by atoms with Crippen LogP contribution in [-0.4, -0.2) is 15.5 Å². The van der Waals surface area contributed by atoms with E-state index in [4.69, 9.17) is 4.74 Å². The number of nitrogens with zero attached hydrogens (tertiary/aromatic N) is 2. The molecule has 21 heavy (non-hydrogen) atoms. The molecule has 114 valence electrons. The molecule has 0 spiro atoms. The summed E-state index contributed by atoms with van der Waals surface area (Å²) in [6.45, 7) is 11.6. The predicted molar refractivity (Wildman–Crippen MR) is 86.7 cm³/mol. The van der Waals surface area contributed by atoms with Crippen LogP contribution in [0.4, 0.5) is 0 Å². The van der Waals surface area contributed by atoms with Gasteiger partial charge in [0.1, 0.15) is 12.4 Å². The molecule has 0 unspecified atom stereocenters. The fourth-order valence-corrected chi connectivity index (χ4v) is 2.43. The summed E-state index contributed by atoms with van der Waals surface area (Å²) in [7, 11) is 0. The second-order valence-electron chi connectivity index (χ2n) is 6.15. The largest absolute Gasteiger partial charge is 0.485 e. The van der Waals surface area contributed by atoms with Crippen LogP contribution in [0.2, 0.25) is 0 Å². The molecule has 2 rings (SSSR count). The first kappa shape index (κ1) is 15.9. The highest BCUT2D eigenvalue weighted by Gasteiger charge is 2.13. The molecule has 2 heterocycles. The van der Waals surface area contributed by atoms with Crippen LogP contribution in [0.15, 0.2) is 17.5 Å². The number of aryl methyl sites for hydroxylation is 2. The van der Waals surface area contributed by atoms with Gasteiger partial charge in [-0.05, 0) is 46.8 Å². The van der Waals surface area contributed by atoms with Crippen LogP contribution >= 0.6 is 11.3 Å². The molecule has 1 N–H and O–H groups in total. The van der Waals surface area contributed by atoms with Crippen molar-refractivity contribution in [2.75, 3.05) is 0 Å². The van der Waals surface area contributed by atoms with E-state index >= 15 is 0 Å². The van der Waals surface area contributed by atoms with Crippen molar-refractivity contribution in [2.24, 2.45) is 0 Å². The number of thiazole rings is 1. The molecule has 0 aliphatic rings. The van der Waals surface area contributed by atoms with Crippen LogP contribution in [0.3, 0.4) is 0 Å². The molecule has 0 atom stereocenters. The summed E-state index contributed by atoms with van der Waals surface area (Å²) in [6, 6.07) is 3.96. The van der Waals surface area contributed by atoms with E-state index in [0.29, 0.717) is 13.2 Å². The number of aromatic nitrogens is 2. The third-order valence-electron chi connectivity index (χ3n) is 2.90. The minimum absolute atomic E-state index is 0.0503. The van der Waals surface area contributed by atoms with E-state index in [2.05, 4.69) is 36.1 Å². The van der Waals surface area contributed by atoms with Gasteiger partial charge in [0.05, 0.1) is 16.4 Å². The Labute approximate surface area is 130 Å². The number of pyridine rings is 1. The van der Waals surface area contributed by atoms with Crippen LogP contribution in [0, 0.1) is 13.8 Å². The average molecular weight is 305 g/mol. The molecule has 4 nitrogen and oxygen atoms in total. The van der Waals surface area contributed by atoms with Gasteiger partial charge in [-0.25, -0.2) is 4.98 Å². The van der Waals surface area contributed by atoms with Crippen LogP contribution < -0.4 is 10.1 Å². The monoisotopic (exact) mass is 305 g/mol. The van der Waals surface area contributed by atoms with E-state index in [1.165, 1.54) is 0 Å². The maximum atomic E-state index is 5.90. The van der Waals surface area contributed by atoms with Crippen molar-refractivity contribution < 1.29 is 4.74 Å². The van der Waals surface area contributed by atoms with Crippen LogP contribution in [0.5, 0.6) is 5.75 Å². The zero-order valence-electron chi connectivity index (χ0n) is 13.4. The molecule has 2 aromatic rings. The molecule has 0 fully saturated rings. The van der Waals surface area contributed by atoms with Crippen molar-refractivity contribution in [2.45, 2.75) is 53.3 Å². The molecule has 0 saturated carbocycles. The van der Waals surface area contributed by atoms with Gasteiger partial charge in [-0.3, -0.25) is 4.98 Å². The summed E-state index contributed by atoms with van der Waals surface area (Å²) in [5.74, 6) is 0.822. The summed E-state index contributed by atoms with van der Waals surface area (Å²) in [5, 5.41) is 6.54. The summed E-state index contributed by atoms with van der Waals surface area (Å²) < 4.78 is 5.90. The Kier molecular flexibility index (Phi) is 4.96. The maximum Gasteiger partial charge on any atom is 0.142 e. The van der Waals surface area contributed by atoms with Crippen molar-refractivity contribution in [3.63, 3.8) is 0 Å². The van der Waals surface area contributed by atoms with Crippen molar-refractivity contribution >= 4 is 11.3 Å². The number of hydrogen-bond donors (Lipinski definition) is 1. The minimum atomic E-state index is 0.0503. The molecule has 0 amide bonds. The number of nitrogens with one attached hydrogen (secondary N) is 1. The summed E-state index contributed by atoms with van der Waals surface area (Å²) in [6.07, 6.45) is 0. The van der Waals surface area contributed by atoms with E-state index in [0.717, 1.165) is 27.8 Å². The van der Waals surface area contributed by atoms with Gasteiger partial charge in [0.2, 0.25) is 0 Å². The van der Waals surface area contributed by atoms with Gasteiger partial charge < -0.3 is 10.1 Å². The molecule has 0 aromatic carbocycles. The Bertz CT molecular complexity index is 602. The second-order valence-corrected chi connectivity index (χ2v) is 7.21. The molecule has 2 aromatic heterocycles. The van der Waals surface area contributed by atoms with Gasteiger partial charge >= 0.3 is 0 Å². The van der Waals surface area contributed by atoms with Gasteiger partial charge in [0.25, 0.3) is 0 Å². The zero-order valence-corrected chi connectivity index (χ0v) is 14.2. The Morgan fingerprint density at radius 1 is 1.19 bits per heavy atom. The Morgan fingerprint density at radius 3 is 2.57 bits per heavy atom. The van der Waals surface area contributed by atoms with E-state index in [1.807, 2.05) is 31.4 Å². The van der Waals surface area contributed by atoms with Crippen molar-refractivity contribution in [3.05, 3.63) is 39.6 Å². The first-order valence-electron chi connectivity index (χ1n) is 7.09. The SMILES string of the molecule is Cc1ccc(OCc2csc(C)n2)c(CNC(C)(C)C)n1. The van der Waals surface area contributed by atoms with Crippen LogP contribution in [0.1, 0.15) is 42.9 Å². The van der Waals surface area contributed by atoms with E-state index in [9.17, 15) is 0 Å². The summed E-state index contributed by atoms with van der Waals surface area (Å²) in [4.78, 5) is 9.00. The maximum absolute atomic E-state index is 5.90. The average Bonchev–Trinajstić information content (AvgIpc) is 2.80. The first-order chi connectivity index (χ1) is 9.83. The Morgan fingerprint density at radius 2 is 1.95 bits per heavy atom. The molecule has 0 radical (unpaired) electrons. The van der Waals surface area contributed by atoms with E-state index in [1.54, 1.807) is 11.3 Å². The number of rotatable bonds is 5. The fraction of sp³-hybridized carbons (Fsp3) is 0.500. The molecule has 5 heteroatoms. The van der Waals surface area contributed by atoms with Crippen LogP contribution in [-0.2, 0) is 13.2 Å². The normalized spacial score (nSPS) is 11.7. The zero-order chi connectivity index (χ0) is 15.5. The highest BCUT2D eigenvalue weighted by molar-refractivity contribution is 7.09. The topological polar surface area (TPSA) is 47.0 Å².